The number of hydrogen-bond donors (Lipinski definition) is 1. The molecule has 4 rings (SSSR count). The van der Waals surface area contributed by atoms with E-state index in [0.717, 1.165) is 30.5 Å². The standard InChI is InChI=1S/C23H23ClN4O3/c1-31-22(30)16-7-4-8-17(12-16)26-23-25-14-19(24)21(27-23)15-6-5-9-18(13-15)28-11-3-2-10-20(28)29/h2-3,5-6,9-11,13-14,16-17H,4,7-8,12H2,1H3,(H,25,26,27). The summed E-state index contributed by atoms with van der Waals surface area (Å²) < 4.78 is 6.46. The van der Waals surface area contributed by atoms with Crippen LogP contribution in [0.25, 0.3) is 16.9 Å². The van der Waals surface area contributed by atoms with Gasteiger partial charge in [-0.1, -0.05) is 36.2 Å². The summed E-state index contributed by atoms with van der Waals surface area (Å²) in [4.78, 5) is 33.0. The smallest absolute Gasteiger partial charge is 0.308 e. The Bertz CT molecular complexity index is 1150. The minimum Gasteiger partial charge on any atom is -0.469 e. The Morgan fingerprint density at radius 2 is 2.10 bits per heavy atom. The van der Waals surface area contributed by atoms with E-state index in [9.17, 15) is 9.59 Å². The normalized spacial score (nSPS) is 18.4. The second kappa shape index (κ2) is 9.31. The first kappa shape index (κ1) is 21.1. The number of benzene rings is 1. The third kappa shape index (κ3) is 4.77. The van der Waals surface area contributed by atoms with Crippen LogP contribution >= 0.6 is 11.6 Å². The number of methoxy groups -OCH3 is 1. The summed E-state index contributed by atoms with van der Waals surface area (Å²) in [6.07, 6.45) is 6.67. The minimum absolute atomic E-state index is 0.0844. The van der Waals surface area contributed by atoms with Gasteiger partial charge in [0.05, 0.1) is 29.9 Å². The fourth-order valence-corrected chi connectivity index (χ4v) is 4.17. The Morgan fingerprint density at radius 1 is 1.23 bits per heavy atom. The van der Waals surface area contributed by atoms with Crippen molar-refractivity contribution in [3.05, 3.63) is 70.2 Å². The zero-order valence-corrected chi connectivity index (χ0v) is 17.9. The van der Waals surface area contributed by atoms with E-state index in [-0.39, 0.29) is 23.5 Å². The number of anilines is 1. The number of nitrogens with zero attached hydrogens (tertiary/aromatic N) is 3. The maximum atomic E-state index is 12.2. The summed E-state index contributed by atoms with van der Waals surface area (Å²) in [6.45, 7) is 0. The summed E-state index contributed by atoms with van der Waals surface area (Å²) >= 11 is 6.40. The molecule has 0 bridgehead atoms. The van der Waals surface area contributed by atoms with Crippen LogP contribution in [0.5, 0.6) is 0 Å². The van der Waals surface area contributed by atoms with Crippen LogP contribution in [0.15, 0.2) is 59.7 Å². The number of carbonyl (C=O) groups is 1. The first-order valence-electron chi connectivity index (χ1n) is 10.2. The molecule has 2 heterocycles. The highest BCUT2D eigenvalue weighted by atomic mass is 35.5. The third-order valence-electron chi connectivity index (χ3n) is 5.51. The summed E-state index contributed by atoms with van der Waals surface area (Å²) in [5.74, 6) is 0.179. The Hall–Kier alpha value is -3.19. The van der Waals surface area contributed by atoms with Crippen LogP contribution in [0.2, 0.25) is 5.02 Å². The molecule has 1 aliphatic rings. The molecule has 1 aliphatic carbocycles. The van der Waals surface area contributed by atoms with Gasteiger partial charge in [0.15, 0.2) is 0 Å². The Labute approximate surface area is 185 Å². The topological polar surface area (TPSA) is 86.1 Å². The molecule has 0 aliphatic heterocycles. The van der Waals surface area contributed by atoms with Crippen molar-refractivity contribution in [2.75, 3.05) is 12.4 Å². The molecule has 1 aromatic carbocycles. The van der Waals surface area contributed by atoms with Crippen LogP contribution in [0, 0.1) is 5.92 Å². The van der Waals surface area contributed by atoms with Crippen LogP contribution in [-0.2, 0) is 9.53 Å². The number of ether oxygens (including phenoxy) is 1. The maximum absolute atomic E-state index is 12.2. The van der Waals surface area contributed by atoms with Gasteiger partial charge in [-0.25, -0.2) is 9.97 Å². The molecule has 0 spiro atoms. The minimum atomic E-state index is -0.169. The van der Waals surface area contributed by atoms with E-state index in [0.29, 0.717) is 23.1 Å². The third-order valence-corrected chi connectivity index (χ3v) is 5.78. The van der Waals surface area contributed by atoms with Crippen LogP contribution in [0.1, 0.15) is 25.7 Å². The van der Waals surface area contributed by atoms with Crippen molar-refractivity contribution >= 4 is 23.5 Å². The van der Waals surface area contributed by atoms with E-state index in [1.54, 1.807) is 29.1 Å². The average Bonchev–Trinajstić information content (AvgIpc) is 2.80. The molecule has 1 saturated carbocycles. The molecule has 0 radical (unpaired) electrons. The molecule has 7 nitrogen and oxygen atoms in total. The van der Waals surface area contributed by atoms with Crippen LogP contribution in [-0.4, -0.2) is 33.7 Å². The van der Waals surface area contributed by atoms with Crippen LogP contribution in [0.3, 0.4) is 0 Å². The van der Waals surface area contributed by atoms with Crippen LogP contribution in [0.4, 0.5) is 5.95 Å². The zero-order chi connectivity index (χ0) is 21.8. The molecule has 2 unspecified atom stereocenters. The van der Waals surface area contributed by atoms with Gasteiger partial charge >= 0.3 is 5.97 Å². The fourth-order valence-electron chi connectivity index (χ4n) is 3.97. The van der Waals surface area contributed by atoms with Crippen molar-refractivity contribution in [3.8, 4) is 16.9 Å². The molecule has 0 amide bonds. The van der Waals surface area contributed by atoms with Gasteiger partial charge in [-0.05, 0) is 37.5 Å². The highest BCUT2D eigenvalue weighted by molar-refractivity contribution is 6.32. The Balaban J connectivity index is 1.59. The lowest BCUT2D eigenvalue weighted by Gasteiger charge is -2.28. The number of halogens is 1. The fraction of sp³-hybridized carbons (Fsp3) is 0.304. The molecule has 8 heteroatoms. The van der Waals surface area contributed by atoms with Crippen molar-refractivity contribution in [1.29, 1.82) is 0 Å². The largest absolute Gasteiger partial charge is 0.469 e. The van der Waals surface area contributed by atoms with E-state index in [2.05, 4.69) is 15.3 Å². The van der Waals surface area contributed by atoms with Crippen molar-refractivity contribution < 1.29 is 9.53 Å². The molecule has 3 aromatic rings. The van der Waals surface area contributed by atoms with E-state index < -0.39 is 0 Å². The highest BCUT2D eigenvalue weighted by Crippen LogP contribution is 2.30. The monoisotopic (exact) mass is 438 g/mol. The number of hydrogen-bond acceptors (Lipinski definition) is 6. The SMILES string of the molecule is COC(=O)C1CCCC(Nc2ncc(Cl)c(-c3cccc(-n4ccccc4=O)c3)n2)C1. The molecule has 2 atom stereocenters. The Morgan fingerprint density at radius 3 is 2.90 bits per heavy atom. The van der Waals surface area contributed by atoms with Crippen molar-refractivity contribution in [1.82, 2.24) is 14.5 Å². The number of pyridine rings is 1. The molecular weight excluding hydrogens is 416 g/mol. The molecule has 160 valence electrons. The lowest BCUT2D eigenvalue weighted by molar-refractivity contribution is -0.146. The maximum Gasteiger partial charge on any atom is 0.308 e. The van der Waals surface area contributed by atoms with Gasteiger partial charge in [0, 0.05) is 29.6 Å². The summed E-state index contributed by atoms with van der Waals surface area (Å²) in [5, 5.41) is 3.75. The number of aromatic nitrogens is 3. The molecule has 1 N–H and O–H groups in total. The second-order valence-corrected chi connectivity index (χ2v) is 7.98. The first-order valence-corrected chi connectivity index (χ1v) is 10.6. The quantitative estimate of drug-likeness (QED) is 0.604. The second-order valence-electron chi connectivity index (χ2n) is 7.58. The van der Waals surface area contributed by atoms with Gasteiger partial charge in [0.1, 0.15) is 0 Å². The number of carbonyl (C=O) groups excluding carboxylic acids is 1. The number of nitrogens with one attached hydrogen (secondary N) is 1. The molecule has 0 saturated heterocycles. The van der Waals surface area contributed by atoms with Gasteiger partial charge in [0.25, 0.3) is 5.56 Å². The van der Waals surface area contributed by atoms with E-state index >= 15 is 0 Å². The van der Waals surface area contributed by atoms with Gasteiger partial charge < -0.3 is 10.1 Å². The van der Waals surface area contributed by atoms with E-state index in [1.807, 2.05) is 24.3 Å². The van der Waals surface area contributed by atoms with E-state index in [1.165, 1.54) is 13.2 Å². The molecule has 1 fully saturated rings. The van der Waals surface area contributed by atoms with E-state index in [4.69, 9.17) is 16.3 Å². The van der Waals surface area contributed by atoms with Crippen molar-refractivity contribution in [3.63, 3.8) is 0 Å². The molecular formula is C23H23ClN4O3. The predicted octanol–water partition coefficient (Wildman–Crippen LogP) is 4.09. The van der Waals surface area contributed by atoms with Gasteiger partial charge in [-0.3, -0.25) is 14.2 Å². The number of esters is 1. The Kier molecular flexibility index (Phi) is 6.32. The molecule has 31 heavy (non-hydrogen) atoms. The average molecular weight is 439 g/mol. The van der Waals surface area contributed by atoms with Gasteiger partial charge in [0.2, 0.25) is 5.95 Å². The van der Waals surface area contributed by atoms with Gasteiger partial charge in [-0.15, -0.1) is 0 Å². The summed E-state index contributed by atoms with van der Waals surface area (Å²) in [7, 11) is 1.42. The molecule has 2 aromatic heterocycles. The highest BCUT2D eigenvalue weighted by Gasteiger charge is 2.28. The lowest BCUT2D eigenvalue weighted by atomic mass is 9.86. The number of rotatable bonds is 5. The lowest BCUT2D eigenvalue weighted by Crippen LogP contribution is -2.32. The van der Waals surface area contributed by atoms with Gasteiger partial charge in [-0.2, -0.15) is 0 Å². The predicted molar refractivity (Wildman–Crippen MR) is 119 cm³/mol. The summed E-state index contributed by atoms with van der Waals surface area (Å²) in [5.41, 5.74) is 1.96. The van der Waals surface area contributed by atoms with Crippen molar-refractivity contribution in [2.24, 2.45) is 5.92 Å². The van der Waals surface area contributed by atoms with Crippen molar-refractivity contribution in [2.45, 2.75) is 31.7 Å². The summed E-state index contributed by atoms with van der Waals surface area (Å²) in [6, 6.07) is 12.6. The van der Waals surface area contributed by atoms with Crippen LogP contribution < -0.4 is 10.9 Å². The zero-order valence-electron chi connectivity index (χ0n) is 17.1. The first-order chi connectivity index (χ1) is 15.0.